The number of hydrogen-bond acceptors (Lipinski definition) is 7. The maximum atomic E-state index is 12.3. The summed E-state index contributed by atoms with van der Waals surface area (Å²) >= 11 is 0. The SMILES string of the molecule is C=C(C)NC(=O)C(C(=C)C)=C(NN)Nc1ccc(/C(=C/N)NN)cc1. The topological polar surface area (TPSA) is 143 Å². The molecule has 8 nitrogen and oxygen atoms in total. The summed E-state index contributed by atoms with van der Waals surface area (Å²) in [5.74, 6) is 10.9. The minimum absolute atomic E-state index is 0.292. The van der Waals surface area contributed by atoms with Crippen LogP contribution in [0.5, 0.6) is 0 Å². The normalized spacial score (nSPS) is 11.9. The highest BCUT2D eigenvalue weighted by Gasteiger charge is 2.16. The number of benzene rings is 1. The van der Waals surface area contributed by atoms with Crippen LogP contribution in [0.25, 0.3) is 5.70 Å². The first kappa shape index (κ1) is 19.8. The van der Waals surface area contributed by atoms with Crippen molar-refractivity contribution in [3.8, 4) is 0 Å². The van der Waals surface area contributed by atoms with Crippen molar-refractivity contribution in [3.05, 3.63) is 71.9 Å². The molecule has 1 aromatic carbocycles. The maximum Gasteiger partial charge on any atom is 0.259 e. The van der Waals surface area contributed by atoms with Gasteiger partial charge in [0, 0.05) is 23.1 Å². The van der Waals surface area contributed by atoms with Gasteiger partial charge in [0.25, 0.3) is 5.91 Å². The number of rotatable bonds is 8. The van der Waals surface area contributed by atoms with Crippen molar-refractivity contribution in [2.75, 3.05) is 5.32 Å². The molecule has 0 radical (unpaired) electrons. The van der Waals surface area contributed by atoms with E-state index in [0.717, 1.165) is 5.56 Å². The first-order chi connectivity index (χ1) is 11.8. The minimum Gasteiger partial charge on any atom is -0.403 e. The molecule has 0 fully saturated rings. The summed E-state index contributed by atoms with van der Waals surface area (Å²) in [6.45, 7) is 10.9. The molecule has 0 saturated carbocycles. The monoisotopic (exact) mass is 343 g/mol. The average molecular weight is 343 g/mol. The summed E-state index contributed by atoms with van der Waals surface area (Å²) in [6, 6.07) is 7.20. The van der Waals surface area contributed by atoms with E-state index in [1.165, 1.54) is 6.20 Å². The van der Waals surface area contributed by atoms with Crippen molar-refractivity contribution in [1.29, 1.82) is 0 Å². The third kappa shape index (κ3) is 5.41. The van der Waals surface area contributed by atoms with E-state index in [-0.39, 0.29) is 5.91 Å². The Bertz CT molecular complexity index is 717. The molecule has 8 heteroatoms. The summed E-state index contributed by atoms with van der Waals surface area (Å²) in [5, 5.41) is 5.69. The van der Waals surface area contributed by atoms with Crippen molar-refractivity contribution in [3.63, 3.8) is 0 Å². The summed E-state index contributed by atoms with van der Waals surface area (Å²) in [4.78, 5) is 12.3. The number of allylic oxidation sites excluding steroid dienone is 1. The van der Waals surface area contributed by atoms with Crippen LogP contribution in [-0.2, 0) is 4.79 Å². The molecule has 0 heterocycles. The number of hydrogen-bond donors (Lipinski definition) is 7. The van der Waals surface area contributed by atoms with E-state index in [9.17, 15) is 4.79 Å². The van der Waals surface area contributed by atoms with Gasteiger partial charge in [0.1, 0.15) is 5.82 Å². The Hall–Kier alpha value is -3.23. The second-order valence-electron chi connectivity index (χ2n) is 5.34. The molecule has 0 bridgehead atoms. The zero-order valence-corrected chi connectivity index (χ0v) is 14.4. The molecule has 1 aromatic rings. The molecule has 1 rings (SSSR count). The fraction of sp³-hybridized carbons (Fsp3) is 0.118. The lowest BCUT2D eigenvalue weighted by atomic mass is 10.1. The van der Waals surface area contributed by atoms with Crippen LogP contribution >= 0.6 is 0 Å². The molecule has 25 heavy (non-hydrogen) atoms. The lowest BCUT2D eigenvalue weighted by Crippen LogP contribution is -2.33. The van der Waals surface area contributed by atoms with Gasteiger partial charge in [0.2, 0.25) is 0 Å². The molecule has 0 atom stereocenters. The highest BCUT2D eigenvalue weighted by molar-refractivity contribution is 5.99. The molecule has 0 aromatic heterocycles. The third-order valence-corrected chi connectivity index (χ3v) is 3.16. The molecule has 0 aliphatic rings. The number of hydrazine groups is 2. The number of amides is 1. The van der Waals surface area contributed by atoms with Crippen LogP contribution in [0.3, 0.4) is 0 Å². The van der Waals surface area contributed by atoms with Crippen LogP contribution in [-0.4, -0.2) is 5.91 Å². The molecule has 0 saturated heterocycles. The molecule has 0 spiro atoms. The Morgan fingerprint density at radius 1 is 1.08 bits per heavy atom. The number of nitrogens with one attached hydrogen (secondary N) is 4. The quantitative estimate of drug-likeness (QED) is 0.159. The molecule has 0 aliphatic carbocycles. The van der Waals surface area contributed by atoms with Crippen LogP contribution in [0.4, 0.5) is 5.69 Å². The van der Waals surface area contributed by atoms with E-state index in [1.807, 2.05) is 12.1 Å². The average Bonchev–Trinajstić information content (AvgIpc) is 2.55. The van der Waals surface area contributed by atoms with Crippen LogP contribution in [0.15, 0.2) is 66.3 Å². The van der Waals surface area contributed by atoms with Gasteiger partial charge in [-0.1, -0.05) is 25.3 Å². The zero-order chi connectivity index (χ0) is 19.0. The van der Waals surface area contributed by atoms with Crippen LogP contribution in [0, 0.1) is 0 Å². The lowest BCUT2D eigenvalue weighted by molar-refractivity contribution is -0.116. The van der Waals surface area contributed by atoms with Gasteiger partial charge in [-0.3, -0.25) is 10.6 Å². The van der Waals surface area contributed by atoms with Gasteiger partial charge in [-0.25, -0.2) is 5.84 Å². The van der Waals surface area contributed by atoms with Crippen LogP contribution < -0.4 is 38.9 Å². The highest BCUT2D eigenvalue weighted by Crippen LogP contribution is 2.18. The Balaban J connectivity index is 3.15. The van der Waals surface area contributed by atoms with Gasteiger partial charge >= 0.3 is 0 Å². The minimum atomic E-state index is -0.363. The van der Waals surface area contributed by atoms with E-state index >= 15 is 0 Å². The number of carbonyl (C=O) groups is 1. The van der Waals surface area contributed by atoms with Gasteiger partial charge in [0.05, 0.1) is 11.3 Å². The molecule has 0 aliphatic heterocycles. The van der Waals surface area contributed by atoms with Crippen molar-refractivity contribution in [1.82, 2.24) is 16.2 Å². The number of carbonyl (C=O) groups excluding carboxylic acids is 1. The van der Waals surface area contributed by atoms with Crippen molar-refractivity contribution in [2.24, 2.45) is 17.4 Å². The van der Waals surface area contributed by atoms with E-state index in [2.05, 4.69) is 34.6 Å². The summed E-state index contributed by atoms with van der Waals surface area (Å²) in [6.07, 6.45) is 1.37. The molecule has 1 amide bonds. The van der Waals surface area contributed by atoms with Gasteiger partial charge in [-0.2, -0.15) is 0 Å². The summed E-state index contributed by atoms with van der Waals surface area (Å²) < 4.78 is 0. The van der Waals surface area contributed by atoms with Crippen LogP contribution in [0.1, 0.15) is 19.4 Å². The number of anilines is 1. The summed E-state index contributed by atoms with van der Waals surface area (Å²) in [5.41, 5.74) is 13.9. The first-order valence-corrected chi connectivity index (χ1v) is 7.43. The van der Waals surface area contributed by atoms with E-state index in [4.69, 9.17) is 17.4 Å². The zero-order valence-electron chi connectivity index (χ0n) is 14.4. The van der Waals surface area contributed by atoms with Crippen molar-refractivity contribution < 1.29 is 4.79 Å². The second-order valence-corrected chi connectivity index (χ2v) is 5.34. The highest BCUT2D eigenvalue weighted by atomic mass is 16.1. The van der Waals surface area contributed by atoms with Crippen LogP contribution in [0.2, 0.25) is 0 Å². The van der Waals surface area contributed by atoms with Gasteiger partial charge in [0.15, 0.2) is 0 Å². The lowest BCUT2D eigenvalue weighted by Gasteiger charge is -2.17. The van der Waals surface area contributed by atoms with Crippen molar-refractivity contribution in [2.45, 2.75) is 13.8 Å². The molecule has 134 valence electrons. The standard InChI is InChI=1S/C17H25N7O/c1-10(2)15(17(25)21-11(3)4)16(24-20)22-13-7-5-12(6-8-13)14(9-18)23-19/h5-9,22-24H,1,3,18-20H2,2,4H3,(H,21,25)/b14-9-,16-15?. The van der Waals surface area contributed by atoms with Gasteiger partial charge in [-0.15, -0.1) is 0 Å². The Kier molecular flexibility index (Phi) is 7.26. The van der Waals surface area contributed by atoms with E-state index < -0.39 is 0 Å². The predicted molar refractivity (Wildman–Crippen MR) is 102 cm³/mol. The van der Waals surface area contributed by atoms with Gasteiger partial charge in [-0.05, 0) is 31.6 Å². The Morgan fingerprint density at radius 3 is 2.08 bits per heavy atom. The largest absolute Gasteiger partial charge is 0.403 e. The fourth-order valence-corrected chi connectivity index (χ4v) is 2.05. The molecular weight excluding hydrogens is 318 g/mol. The van der Waals surface area contributed by atoms with Crippen molar-refractivity contribution >= 4 is 17.3 Å². The van der Waals surface area contributed by atoms with E-state index in [0.29, 0.717) is 34.0 Å². The first-order valence-electron chi connectivity index (χ1n) is 7.43. The Labute approximate surface area is 147 Å². The smallest absolute Gasteiger partial charge is 0.259 e. The second kappa shape index (κ2) is 9.16. The molecule has 10 N–H and O–H groups in total. The maximum absolute atomic E-state index is 12.3. The molecular formula is C17H25N7O. The summed E-state index contributed by atoms with van der Waals surface area (Å²) in [7, 11) is 0. The predicted octanol–water partition coefficient (Wildman–Crippen LogP) is 0.720. The fourth-order valence-electron chi connectivity index (χ4n) is 2.05. The van der Waals surface area contributed by atoms with E-state index in [1.54, 1.807) is 26.0 Å². The Morgan fingerprint density at radius 2 is 1.68 bits per heavy atom. The van der Waals surface area contributed by atoms with Gasteiger partial charge < -0.3 is 27.2 Å². The number of nitrogens with two attached hydrogens (primary N) is 3. The molecule has 0 unspecified atom stereocenters. The third-order valence-electron chi connectivity index (χ3n) is 3.16.